The van der Waals surface area contributed by atoms with Gasteiger partial charge in [0.25, 0.3) is 12.3 Å². The molecule has 0 aliphatic heterocycles. The maximum Gasteiger partial charge on any atom is 0.280 e. The van der Waals surface area contributed by atoms with Gasteiger partial charge in [-0.05, 0) is 13.0 Å². The van der Waals surface area contributed by atoms with E-state index < -0.39 is 12.3 Å². The number of alkyl halides is 2. The lowest BCUT2D eigenvalue weighted by atomic mass is 10.2. The summed E-state index contributed by atoms with van der Waals surface area (Å²) in [6.07, 6.45) is -0.290. The van der Waals surface area contributed by atoms with E-state index in [0.717, 1.165) is 10.7 Å². The van der Waals surface area contributed by atoms with E-state index in [2.05, 4.69) is 20.5 Å². The van der Waals surface area contributed by atoms with Crippen molar-refractivity contribution < 1.29 is 13.6 Å². The van der Waals surface area contributed by atoms with E-state index in [9.17, 15) is 13.6 Å². The minimum atomic E-state index is -2.76. The molecule has 0 radical (unpaired) electrons. The Morgan fingerprint density at radius 1 is 1.38 bits per heavy atom. The van der Waals surface area contributed by atoms with E-state index in [0.29, 0.717) is 5.69 Å². The van der Waals surface area contributed by atoms with Crippen molar-refractivity contribution in [1.82, 2.24) is 24.4 Å². The Hall–Kier alpha value is -3.35. The summed E-state index contributed by atoms with van der Waals surface area (Å²) in [5.41, 5.74) is 0.203. The molecular weight excluding hydrogens is 320 g/mol. The van der Waals surface area contributed by atoms with Gasteiger partial charge in [-0.1, -0.05) is 0 Å². The molecule has 0 fully saturated rings. The molecule has 0 saturated heterocycles. The van der Waals surface area contributed by atoms with Gasteiger partial charge < -0.3 is 5.32 Å². The quantitative estimate of drug-likeness (QED) is 0.789. The number of fused-ring (bicyclic) bond motifs is 1. The second-order valence-electron chi connectivity index (χ2n) is 5.01. The molecular formula is C14H11F2N7O. The van der Waals surface area contributed by atoms with Gasteiger partial charge in [-0.25, -0.2) is 18.3 Å². The normalized spacial score (nSPS) is 11.0. The fourth-order valence-electron chi connectivity index (χ4n) is 2.27. The van der Waals surface area contributed by atoms with E-state index in [1.807, 2.05) is 6.07 Å². The molecule has 0 atom stereocenters. The summed E-state index contributed by atoms with van der Waals surface area (Å²) in [6, 6.07) is 3.11. The molecule has 1 N–H and O–H groups in total. The first-order valence-electron chi connectivity index (χ1n) is 6.79. The van der Waals surface area contributed by atoms with Crippen molar-refractivity contribution in [3.63, 3.8) is 0 Å². The highest BCUT2D eigenvalue weighted by Gasteiger charge is 2.21. The van der Waals surface area contributed by atoms with E-state index in [1.54, 1.807) is 14.0 Å². The fourth-order valence-corrected chi connectivity index (χ4v) is 2.27. The highest BCUT2D eigenvalue weighted by atomic mass is 19.3. The van der Waals surface area contributed by atoms with Crippen LogP contribution in [-0.4, -0.2) is 30.3 Å². The third kappa shape index (κ3) is 2.45. The monoisotopic (exact) mass is 331 g/mol. The molecule has 0 unspecified atom stereocenters. The molecule has 0 aromatic carbocycles. The number of nitriles is 1. The zero-order valence-corrected chi connectivity index (χ0v) is 12.7. The third-order valence-electron chi connectivity index (χ3n) is 3.39. The smallest absolute Gasteiger partial charge is 0.280 e. The number of carbonyl (C=O) groups is 1. The van der Waals surface area contributed by atoms with Gasteiger partial charge in [0.1, 0.15) is 28.7 Å². The van der Waals surface area contributed by atoms with Crippen molar-refractivity contribution in [1.29, 1.82) is 5.26 Å². The number of rotatable bonds is 3. The number of aryl methyl sites for hydroxylation is 2. The summed E-state index contributed by atoms with van der Waals surface area (Å²) in [4.78, 5) is 16.6. The van der Waals surface area contributed by atoms with Gasteiger partial charge >= 0.3 is 0 Å². The zero-order chi connectivity index (χ0) is 17.4. The van der Waals surface area contributed by atoms with Gasteiger partial charge in [0.2, 0.25) is 0 Å². The number of aromatic nitrogens is 5. The Bertz CT molecular complexity index is 983. The second kappa shape index (κ2) is 5.69. The van der Waals surface area contributed by atoms with Crippen LogP contribution in [-0.2, 0) is 7.05 Å². The molecule has 0 saturated carbocycles. The first-order chi connectivity index (χ1) is 11.4. The first-order valence-corrected chi connectivity index (χ1v) is 6.79. The molecule has 0 aliphatic rings. The fraction of sp³-hybridized carbons (Fsp3) is 0.214. The van der Waals surface area contributed by atoms with Gasteiger partial charge in [0.05, 0.1) is 12.4 Å². The van der Waals surface area contributed by atoms with Crippen LogP contribution in [0.25, 0.3) is 5.65 Å². The molecule has 3 aromatic heterocycles. The Kier molecular flexibility index (Phi) is 3.69. The summed E-state index contributed by atoms with van der Waals surface area (Å²) in [5.74, 6) is -0.424. The van der Waals surface area contributed by atoms with E-state index in [1.165, 1.54) is 16.9 Å². The molecule has 0 spiro atoms. The predicted molar refractivity (Wildman–Crippen MR) is 78.6 cm³/mol. The van der Waals surface area contributed by atoms with Crippen LogP contribution < -0.4 is 5.32 Å². The van der Waals surface area contributed by atoms with Crippen molar-refractivity contribution in [2.45, 2.75) is 13.3 Å². The van der Waals surface area contributed by atoms with Crippen LogP contribution in [0.1, 0.15) is 33.7 Å². The van der Waals surface area contributed by atoms with Gasteiger partial charge in [-0.3, -0.25) is 9.48 Å². The molecule has 122 valence electrons. The number of nitrogens with one attached hydrogen (secondary N) is 1. The average molecular weight is 331 g/mol. The highest BCUT2D eigenvalue weighted by Crippen LogP contribution is 2.22. The molecule has 10 heteroatoms. The van der Waals surface area contributed by atoms with Crippen molar-refractivity contribution >= 4 is 17.4 Å². The topological polar surface area (TPSA) is 101 Å². The maximum atomic E-state index is 13.1. The van der Waals surface area contributed by atoms with Crippen LogP contribution in [0, 0.1) is 18.3 Å². The van der Waals surface area contributed by atoms with Gasteiger partial charge in [0, 0.05) is 12.7 Å². The molecule has 3 aromatic rings. The summed E-state index contributed by atoms with van der Waals surface area (Å²) in [5, 5.41) is 19.2. The second-order valence-corrected chi connectivity index (χ2v) is 5.01. The molecule has 0 bridgehead atoms. The number of hydrogen-bond donors (Lipinski definition) is 1. The van der Waals surface area contributed by atoms with Crippen LogP contribution in [0.3, 0.4) is 0 Å². The lowest BCUT2D eigenvalue weighted by molar-refractivity contribution is 0.102. The highest BCUT2D eigenvalue weighted by molar-refractivity contribution is 6.08. The third-order valence-corrected chi connectivity index (χ3v) is 3.39. The van der Waals surface area contributed by atoms with Crippen molar-refractivity contribution in [2.75, 3.05) is 5.32 Å². The molecule has 24 heavy (non-hydrogen) atoms. The average Bonchev–Trinajstić information content (AvgIpc) is 3.10. The van der Waals surface area contributed by atoms with E-state index in [4.69, 9.17) is 5.26 Å². The maximum absolute atomic E-state index is 13.1. The number of carbonyl (C=O) groups excluding carboxylic acids is 1. The summed E-state index contributed by atoms with van der Waals surface area (Å²) in [7, 11) is 1.56. The lowest BCUT2D eigenvalue weighted by Gasteiger charge is -2.07. The molecule has 8 nitrogen and oxygen atoms in total. The van der Waals surface area contributed by atoms with E-state index in [-0.39, 0.29) is 28.3 Å². The SMILES string of the molecule is Cc1cc(C(F)F)n2ncc(C(=O)Nc3c(C#N)cnn3C)c2n1. The van der Waals surface area contributed by atoms with E-state index >= 15 is 0 Å². The molecule has 3 heterocycles. The minimum absolute atomic E-state index is 0.0171. The summed E-state index contributed by atoms with van der Waals surface area (Å²) >= 11 is 0. The molecule has 3 rings (SSSR count). The summed E-state index contributed by atoms with van der Waals surface area (Å²) in [6.45, 7) is 1.55. The largest absolute Gasteiger partial charge is 0.305 e. The molecule has 0 aliphatic carbocycles. The lowest BCUT2D eigenvalue weighted by Crippen LogP contribution is -2.16. The first kappa shape index (κ1) is 15.5. The van der Waals surface area contributed by atoms with Gasteiger partial charge in [0.15, 0.2) is 5.65 Å². The van der Waals surface area contributed by atoms with Crippen molar-refractivity contribution in [3.05, 3.63) is 41.0 Å². The standard InChI is InChI=1S/C14H11F2N7O/c1-7-3-10(11(15)16)23-13(20-7)9(6-19-23)14(24)21-12-8(4-17)5-18-22(12)2/h3,5-6,11H,1-2H3,(H,21,24). The number of nitrogens with zero attached hydrogens (tertiary/aromatic N) is 6. The number of anilines is 1. The van der Waals surface area contributed by atoms with Crippen LogP contribution in [0.5, 0.6) is 0 Å². The summed E-state index contributed by atoms with van der Waals surface area (Å²) < 4.78 is 28.5. The van der Waals surface area contributed by atoms with Crippen LogP contribution in [0.15, 0.2) is 18.5 Å². The number of halogens is 2. The minimum Gasteiger partial charge on any atom is -0.305 e. The van der Waals surface area contributed by atoms with Crippen LogP contribution >= 0.6 is 0 Å². The van der Waals surface area contributed by atoms with Crippen LogP contribution in [0.4, 0.5) is 14.6 Å². The van der Waals surface area contributed by atoms with Crippen LogP contribution in [0.2, 0.25) is 0 Å². The number of hydrogen-bond acceptors (Lipinski definition) is 5. The Labute approximate surface area is 134 Å². The Balaban J connectivity index is 2.05. The van der Waals surface area contributed by atoms with Crippen molar-refractivity contribution in [3.8, 4) is 6.07 Å². The van der Waals surface area contributed by atoms with Crippen molar-refractivity contribution in [2.24, 2.45) is 7.05 Å². The Morgan fingerprint density at radius 3 is 2.79 bits per heavy atom. The Morgan fingerprint density at radius 2 is 2.12 bits per heavy atom. The number of amides is 1. The van der Waals surface area contributed by atoms with Gasteiger partial charge in [-0.15, -0.1) is 0 Å². The molecule has 1 amide bonds. The predicted octanol–water partition coefficient (Wildman–Crippen LogP) is 1.83. The van der Waals surface area contributed by atoms with Gasteiger partial charge in [-0.2, -0.15) is 15.5 Å². The zero-order valence-electron chi connectivity index (χ0n) is 12.7.